The number of hydrogen-bond donors (Lipinski definition) is 1. The number of anilines is 1. The Morgan fingerprint density at radius 3 is 2.73 bits per heavy atom. The molecule has 0 radical (unpaired) electrons. The highest BCUT2D eigenvalue weighted by Gasteiger charge is 2.40. The molecule has 1 aliphatic carbocycles. The van der Waals surface area contributed by atoms with Gasteiger partial charge in [-0.3, -0.25) is 0 Å². The molecule has 2 aromatic rings. The monoisotopic (exact) mass is 294 g/mol. The second kappa shape index (κ2) is 4.94. The van der Waals surface area contributed by atoms with Gasteiger partial charge in [0.1, 0.15) is 19.3 Å². The smallest absolute Gasteiger partial charge is 0.131 e. The molecule has 1 aromatic carbocycles. The SMILES string of the molecule is C=Cc1ccc2c(c1)/C(=N\OC)C(C)(C)c1c(N)ncnc1-2. The fourth-order valence-electron chi connectivity index (χ4n) is 3.02. The van der Waals surface area contributed by atoms with Gasteiger partial charge in [-0.05, 0) is 25.5 Å². The zero-order valence-corrected chi connectivity index (χ0v) is 12.9. The molecule has 0 atom stereocenters. The Morgan fingerprint density at radius 1 is 1.27 bits per heavy atom. The summed E-state index contributed by atoms with van der Waals surface area (Å²) in [4.78, 5) is 13.7. The van der Waals surface area contributed by atoms with Crippen molar-refractivity contribution in [1.82, 2.24) is 9.97 Å². The Bertz CT molecular complexity index is 793. The van der Waals surface area contributed by atoms with Gasteiger partial charge in [0.15, 0.2) is 0 Å². The van der Waals surface area contributed by atoms with Gasteiger partial charge in [-0.15, -0.1) is 0 Å². The molecule has 0 saturated carbocycles. The van der Waals surface area contributed by atoms with E-state index in [0.29, 0.717) is 5.82 Å². The van der Waals surface area contributed by atoms with Crippen molar-refractivity contribution >= 4 is 17.6 Å². The molecule has 5 heteroatoms. The summed E-state index contributed by atoms with van der Waals surface area (Å²) in [5, 5.41) is 4.26. The lowest BCUT2D eigenvalue weighted by molar-refractivity contribution is 0.211. The predicted molar refractivity (Wildman–Crippen MR) is 88.5 cm³/mol. The number of nitrogen functional groups attached to an aromatic ring is 1. The quantitative estimate of drug-likeness (QED) is 0.864. The summed E-state index contributed by atoms with van der Waals surface area (Å²) in [6.07, 6.45) is 3.30. The number of hydrogen-bond acceptors (Lipinski definition) is 5. The number of rotatable bonds is 2. The number of benzene rings is 1. The van der Waals surface area contributed by atoms with Crippen molar-refractivity contribution in [3.05, 3.63) is 47.8 Å². The average Bonchev–Trinajstić information content (AvgIpc) is 2.50. The topological polar surface area (TPSA) is 73.4 Å². The third-order valence-electron chi connectivity index (χ3n) is 4.07. The van der Waals surface area contributed by atoms with E-state index >= 15 is 0 Å². The zero-order valence-electron chi connectivity index (χ0n) is 12.9. The molecular weight excluding hydrogens is 276 g/mol. The van der Waals surface area contributed by atoms with E-state index in [1.807, 2.05) is 38.1 Å². The van der Waals surface area contributed by atoms with Crippen molar-refractivity contribution in [3.8, 4) is 11.3 Å². The Labute approximate surface area is 129 Å². The highest BCUT2D eigenvalue weighted by atomic mass is 16.6. The minimum Gasteiger partial charge on any atom is -0.399 e. The molecule has 0 unspecified atom stereocenters. The first-order valence-corrected chi connectivity index (χ1v) is 7.00. The second-order valence-electron chi connectivity index (χ2n) is 5.74. The molecule has 1 aliphatic rings. The summed E-state index contributed by atoms with van der Waals surface area (Å²) in [5.41, 5.74) is 11.2. The number of oxime groups is 1. The molecule has 0 bridgehead atoms. The van der Waals surface area contributed by atoms with Gasteiger partial charge in [0.25, 0.3) is 0 Å². The molecule has 5 nitrogen and oxygen atoms in total. The lowest BCUT2D eigenvalue weighted by Crippen LogP contribution is -2.36. The van der Waals surface area contributed by atoms with Crippen LogP contribution in [0, 0.1) is 0 Å². The zero-order chi connectivity index (χ0) is 15.9. The summed E-state index contributed by atoms with van der Waals surface area (Å²) < 4.78 is 0. The van der Waals surface area contributed by atoms with Gasteiger partial charge in [-0.2, -0.15) is 0 Å². The number of fused-ring (bicyclic) bond motifs is 3. The standard InChI is InChI=1S/C17H18N4O/c1-5-10-6-7-11-12(8-10)15(21-22-4)17(2,3)13-14(11)19-9-20-16(13)18/h5-9H,1H2,2-4H3,(H2,18,19,20)/b21-15+. The van der Waals surface area contributed by atoms with Crippen molar-refractivity contribution < 1.29 is 4.84 Å². The fraction of sp³-hybridized carbons (Fsp3) is 0.235. The van der Waals surface area contributed by atoms with E-state index in [2.05, 4.69) is 21.7 Å². The van der Waals surface area contributed by atoms with Crippen LogP contribution in [0.4, 0.5) is 5.82 Å². The minimum absolute atomic E-state index is 0.455. The maximum Gasteiger partial charge on any atom is 0.131 e. The van der Waals surface area contributed by atoms with Crippen molar-refractivity contribution in [2.45, 2.75) is 19.3 Å². The first-order chi connectivity index (χ1) is 10.5. The third-order valence-corrected chi connectivity index (χ3v) is 4.07. The summed E-state index contributed by atoms with van der Waals surface area (Å²) in [6.45, 7) is 7.93. The Kier molecular flexibility index (Phi) is 3.20. The second-order valence-corrected chi connectivity index (χ2v) is 5.74. The van der Waals surface area contributed by atoms with Crippen molar-refractivity contribution in [3.63, 3.8) is 0 Å². The number of nitrogens with zero attached hydrogens (tertiary/aromatic N) is 3. The van der Waals surface area contributed by atoms with Crippen LogP contribution in [0.2, 0.25) is 0 Å². The van der Waals surface area contributed by atoms with Gasteiger partial charge in [-0.25, -0.2) is 9.97 Å². The summed E-state index contributed by atoms with van der Waals surface area (Å²) in [7, 11) is 1.54. The number of nitrogens with two attached hydrogens (primary N) is 1. The predicted octanol–water partition coefficient (Wildman–Crippen LogP) is 3.01. The van der Waals surface area contributed by atoms with Crippen LogP contribution in [0.5, 0.6) is 0 Å². The molecule has 1 heterocycles. The summed E-state index contributed by atoms with van der Waals surface area (Å²) in [6, 6.07) is 6.05. The van der Waals surface area contributed by atoms with Gasteiger partial charge in [0, 0.05) is 22.1 Å². The van der Waals surface area contributed by atoms with E-state index < -0.39 is 5.41 Å². The summed E-state index contributed by atoms with van der Waals surface area (Å²) in [5.74, 6) is 0.470. The Balaban J connectivity index is 2.43. The van der Waals surface area contributed by atoms with Crippen molar-refractivity contribution in [2.24, 2.45) is 5.16 Å². The molecule has 3 rings (SSSR count). The largest absolute Gasteiger partial charge is 0.399 e. The van der Waals surface area contributed by atoms with Crippen LogP contribution < -0.4 is 5.73 Å². The van der Waals surface area contributed by atoms with Gasteiger partial charge in [0.05, 0.1) is 11.4 Å². The molecule has 112 valence electrons. The highest BCUT2D eigenvalue weighted by Crippen LogP contribution is 2.44. The lowest BCUT2D eigenvalue weighted by Gasteiger charge is -2.34. The fourth-order valence-corrected chi connectivity index (χ4v) is 3.02. The molecule has 0 aliphatic heterocycles. The van der Waals surface area contributed by atoms with E-state index in [1.54, 1.807) is 7.11 Å². The van der Waals surface area contributed by atoms with Crippen LogP contribution in [-0.4, -0.2) is 22.8 Å². The molecule has 0 amide bonds. The molecule has 0 fully saturated rings. The Morgan fingerprint density at radius 2 is 2.05 bits per heavy atom. The first kappa shape index (κ1) is 14.3. The molecule has 1 aromatic heterocycles. The maximum absolute atomic E-state index is 6.13. The third kappa shape index (κ3) is 1.89. The number of aromatic nitrogens is 2. The van der Waals surface area contributed by atoms with Crippen LogP contribution in [-0.2, 0) is 10.3 Å². The Hall–Kier alpha value is -2.69. The van der Waals surface area contributed by atoms with Crippen molar-refractivity contribution in [1.29, 1.82) is 0 Å². The van der Waals surface area contributed by atoms with E-state index in [4.69, 9.17) is 10.6 Å². The first-order valence-electron chi connectivity index (χ1n) is 7.00. The van der Waals surface area contributed by atoms with Crippen molar-refractivity contribution in [2.75, 3.05) is 12.8 Å². The van der Waals surface area contributed by atoms with Crippen LogP contribution in [0.3, 0.4) is 0 Å². The molecule has 0 spiro atoms. The lowest BCUT2D eigenvalue weighted by atomic mass is 9.70. The van der Waals surface area contributed by atoms with E-state index in [9.17, 15) is 0 Å². The van der Waals surface area contributed by atoms with Gasteiger partial charge in [-0.1, -0.05) is 29.9 Å². The molecule has 2 N–H and O–H groups in total. The van der Waals surface area contributed by atoms with E-state index in [1.165, 1.54) is 6.33 Å². The van der Waals surface area contributed by atoms with Gasteiger partial charge < -0.3 is 10.6 Å². The summed E-state index contributed by atoms with van der Waals surface area (Å²) >= 11 is 0. The van der Waals surface area contributed by atoms with Gasteiger partial charge >= 0.3 is 0 Å². The highest BCUT2D eigenvalue weighted by molar-refractivity contribution is 6.15. The molecular formula is C17H18N4O. The normalized spacial score (nSPS) is 16.8. The van der Waals surface area contributed by atoms with Crippen LogP contribution >= 0.6 is 0 Å². The van der Waals surface area contributed by atoms with E-state index in [0.717, 1.165) is 33.7 Å². The minimum atomic E-state index is -0.455. The van der Waals surface area contributed by atoms with Gasteiger partial charge in [0.2, 0.25) is 0 Å². The van der Waals surface area contributed by atoms with Crippen LogP contribution in [0.25, 0.3) is 17.3 Å². The molecule has 22 heavy (non-hydrogen) atoms. The van der Waals surface area contributed by atoms with Crippen LogP contribution in [0.1, 0.15) is 30.5 Å². The van der Waals surface area contributed by atoms with E-state index in [-0.39, 0.29) is 0 Å². The average molecular weight is 294 g/mol. The molecule has 0 saturated heterocycles. The maximum atomic E-state index is 6.13. The van der Waals surface area contributed by atoms with Crippen LogP contribution in [0.15, 0.2) is 36.3 Å².